The highest BCUT2D eigenvalue weighted by Gasteiger charge is 2.27. The average Bonchev–Trinajstić information content (AvgIpc) is 3.71. The fourth-order valence-corrected chi connectivity index (χ4v) is 5.02. The molecule has 6 aromatic rings. The molecule has 0 fully saturated rings. The van der Waals surface area contributed by atoms with Crippen LogP contribution in [-0.4, -0.2) is 35.6 Å². The SMILES string of the molecule is Cc1cn(-c2cncc3c2NC(c2[nH]nc4ccc(-c5cncc(NC(=O)Cc6ccccc6)c5)cc24)N3)cn1. The van der Waals surface area contributed by atoms with Crippen molar-refractivity contribution in [2.24, 2.45) is 0 Å². The second-order valence-electron chi connectivity index (χ2n) is 9.77. The highest BCUT2D eigenvalue weighted by Crippen LogP contribution is 2.40. The maximum atomic E-state index is 12.6. The summed E-state index contributed by atoms with van der Waals surface area (Å²) in [6, 6.07) is 17.7. The van der Waals surface area contributed by atoms with Crippen LogP contribution in [0.3, 0.4) is 0 Å². The summed E-state index contributed by atoms with van der Waals surface area (Å²) >= 11 is 0. The van der Waals surface area contributed by atoms with Crippen molar-refractivity contribution >= 4 is 33.9 Å². The zero-order valence-corrected chi connectivity index (χ0v) is 21.6. The number of imidazole rings is 1. The molecule has 10 nitrogen and oxygen atoms in total. The second kappa shape index (κ2) is 9.66. The molecule has 10 heteroatoms. The summed E-state index contributed by atoms with van der Waals surface area (Å²) in [7, 11) is 0. The number of carbonyl (C=O) groups excluding carboxylic acids is 1. The predicted octanol–water partition coefficient (Wildman–Crippen LogP) is 5.23. The van der Waals surface area contributed by atoms with E-state index >= 15 is 0 Å². The summed E-state index contributed by atoms with van der Waals surface area (Å²) < 4.78 is 1.96. The summed E-state index contributed by atoms with van der Waals surface area (Å²) in [6.07, 6.45) is 10.9. The van der Waals surface area contributed by atoms with Gasteiger partial charge in [0, 0.05) is 23.3 Å². The molecular weight excluding hydrogens is 502 g/mol. The van der Waals surface area contributed by atoms with E-state index in [1.54, 1.807) is 18.7 Å². The molecular formula is C30H25N9O. The number of nitrogens with one attached hydrogen (secondary N) is 4. The van der Waals surface area contributed by atoms with Crippen LogP contribution >= 0.6 is 0 Å². The smallest absolute Gasteiger partial charge is 0.228 e. The maximum absolute atomic E-state index is 12.6. The van der Waals surface area contributed by atoms with Crippen molar-refractivity contribution in [1.29, 1.82) is 0 Å². The molecule has 1 atom stereocenters. The summed E-state index contributed by atoms with van der Waals surface area (Å²) in [5, 5.41) is 18.8. The first-order valence-electron chi connectivity index (χ1n) is 12.9. The zero-order chi connectivity index (χ0) is 27.1. The normalized spacial score (nSPS) is 14.0. The molecule has 0 bridgehead atoms. The van der Waals surface area contributed by atoms with E-state index in [0.717, 1.165) is 56.0 Å². The topological polar surface area (TPSA) is 125 Å². The Morgan fingerprint density at radius 2 is 1.85 bits per heavy atom. The van der Waals surface area contributed by atoms with Crippen LogP contribution < -0.4 is 16.0 Å². The first kappa shape index (κ1) is 23.6. The van der Waals surface area contributed by atoms with Crippen molar-refractivity contribution < 1.29 is 4.79 Å². The number of carbonyl (C=O) groups is 1. The third-order valence-electron chi connectivity index (χ3n) is 6.94. The van der Waals surface area contributed by atoms with Crippen molar-refractivity contribution in [3.05, 3.63) is 109 Å². The lowest BCUT2D eigenvalue weighted by Gasteiger charge is -2.12. The van der Waals surface area contributed by atoms with Gasteiger partial charge in [0.1, 0.15) is 6.17 Å². The third-order valence-corrected chi connectivity index (χ3v) is 6.94. The van der Waals surface area contributed by atoms with Gasteiger partial charge in [0.2, 0.25) is 5.91 Å². The Bertz CT molecular complexity index is 1860. The number of hydrogen-bond donors (Lipinski definition) is 4. The van der Waals surface area contributed by atoms with Gasteiger partial charge in [0.05, 0.1) is 71.0 Å². The van der Waals surface area contributed by atoms with Crippen molar-refractivity contribution in [3.63, 3.8) is 0 Å². The molecule has 40 heavy (non-hydrogen) atoms. The van der Waals surface area contributed by atoms with Gasteiger partial charge in [-0.25, -0.2) is 4.98 Å². The van der Waals surface area contributed by atoms with Gasteiger partial charge in [-0.1, -0.05) is 36.4 Å². The largest absolute Gasteiger partial charge is 0.357 e. The fraction of sp³-hybridized carbons (Fsp3) is 0.100. The molecule has 5 heterocycles. The van der Waals surface area contributed by atoms with Crippen LogP contribution in [0.5, 0.6) is 0 Å². The van der Waals surface area contributed by atoms with E-state index < -0.39 is 0 Å². The van der Waals surface area contributed by atoms with Gasteiger partial charge in [0.15, 0.2) is 0 Å². The molecule has 2 aromatic carbocycles. The van der Waals surface area contributed by atoms with Crippen molar-refractivity contribution in [2.75, 3.05) is 16.0 Å². The number of aryl methyl sites for hydroxylation is 1. The van der Waals surface area contributed by atoms with Crippen molar-refractivity contribution in [2.45, 2.75) is 19.5 Å². The number of benzene rings is 2. The Kier molecular flexibility index (Phi) is 5.70. The predicted molar refractivity (Wildman–Crippen MR) is 154 cm³/mol. The van der Waals surface area contributed by atoms with E-state index in [9.17, 15) is 4.79 Å². The number of rotatable bonds is 6. The van der Waals surface area contributed by atoms with Crippen LogP contribution in [-0.2, 0) is 11.2 Å². The van der Waals surface area contributed by atoms with Crippen molar-refractivity contribution in [1.82, 2.24) is 29.7 Å². The molecule has 0 radical (unpaired) electrons. The van der Waals surface area contributed by atoms with Gasteiger partial charge >= 0.3 is 0 Å². The van der Waals surface area contributed by atoms with E-state index in [1.165, 1.54) is 0 Å². The summed E-state index contributed by atoms with van der Waals surface area (Å²) in [5.74, 6) is -0.0876. The third kappa shape index (κ3) is 4.41. The number of nitrogens with zero attached hydrogens (tertiary/aromatic N) is 5. The number of aromatic amines is 1. The Hall–Kier alpha value is -5.51. The number of H-pyrrole nitrogens is 1. The van der Waals surface area contributed by atoms with E-state index in [0.29, 0.717) is 12.1 Å². The lowest BCUT2D eigenvalue weighted by molar-refractivity contribution is -0.115. The minimum atomic E-state index is -0.232. The van der Waals surface area contributed by atoms with Crippen molar-refractivity contribution in [3.8, 4) is 16.8 Å². The summed E-state index contributed by atoms with van der Waals surface area (Å²) in [4.78, 5) is 25.7. The lowest BCUT2D eigenvalue weighted by Crippen LogP contribution is -2.14. The zero-order valence-electron chi connectivity index (χ0n) is 21.6. The Labute approximate surface area is 229 Å². The van der Waals surface area contributed by atoms with Gasteiger partial charge < -0.3 is 20.5 Å². The molecule has 4 N–H and O–H groups in total. The number of amides is 1. The van der Waals surface area contributed by atoms with Gasteiger partial charge in [-0.3, -0.25) is 19.9 Å². The highest BCUT2D eigenvalue weighted by molar-refractivity contribution is 5.93. The first-order valence-corrected chi connectivity index (χ1v) is 12.9. The van der Waals surface area contributed by atoms with E-state index in [-0.39, 0.29) is 12.1 Å². The Morgan fingerprint density at radius 3 is 2.70 bits per heavy atom. The first-order chi connectivity index (χ1) is 19.6. The van der Waals surface area contributed by atoms with Crippen LogP contribution in [0, 0.1) is 6.92 Å². The number of fused-ring (bicyclic) bond motifs is 2. The number of hydrogen-bond acceptors (Lipinski definition) is 7. The van der Waals surface area contributed by atoms with Gasteiger partial charge in [-0.15, -0.1) is 0 Å². The molecule has 1 aliphatic rings. The minimum Gasteiger partial charge on any atom is -0.357 e. The number of pyridine rings is 2. The van der Waals surface area contributed by atoms with Crippen LogP contribution in [0.25, 0.3) is 27.7 Å². The maximum Gasteiger partial charge on any atom is 0.228 e. The number of anilines is 3. The molecule has 1 unspecified atom stereocenters. The van der Waals surface area contributed by atoms with Gasteiger partial charge in [-0.05, 0) is 36.2 Å². The Morgan fingerprint density at radius 1 is 0.975 bits per heavy atom. The monoisotopic (exact) mass is 527 g/mol. The second-order valence-corrected chi connectivity index (χ2v) is 9.77. The summed E-state index contributed by atoms with van der Waals surface area (Å²) in [6.45, 7) is 1.96. The van der Waals surface area contributed by atoms with Crippen LogP contribution in [0.15, 0.2) is 91.9 Å². The molecule has 0 saturated heterocycles. The fourth-order valence-electron chi connectivity index (χ4n) is 5.02. The molecule has 0 aliphatic carbocycles. The van der Waals surface area contributed by atoms with Crippen LogP contribution in [0.4, 0.5) is 17.1 Å². The van der Waals surface area contributed by atoms with Gasteiger partial charge in [0.25, 0.3) is 0 Å². The Balaban J connectivity index is 1.15. The van der Waals surface area contributed by atoms with E-state index in [2.05, 4.69) is 47.2 Å². The van der Waals surface area contributed by atoms with Crippen LogP contribution in [0.1, 0.15) is 23.1 Å². The molecule has 4 aromatic heterocycles. The molecule has 1 amide bonds. The number of aromatic nitrogens is 6. The quantitative estimate of drug-likeness (QED) is 0.234. The molecule has 0 spiro atoms. The highest BCUT2D eigenvalue weighted by atomic mass is 16.1. The average molecular weight is 528 g/mol. The van der Waals surface area contributed by atoms with E-state index in [1.807, 2.05) is 78.6 Å². The minimum absolute atomic E-state index is 0.0876. The standard InChI is InChI=1S/C30H25N9O/c1-18-16-39(17-33-18)26-15-32-14-25-29(26)36-30(35-25)28-23-11-20(7-8-24(23)37-38-28)21-10-22(13-31-12-21)34-27(40)9-19-5-3-2-4-6-19/h2-8,10-17,30,35-36H,9H2,1H3,(H,34,40)(H,37,38). The van der Waals surface area contributed by atoms with E-state index in [4.69, 9.17) is 0 Å². The van der Waals surface area contributed by atoms with Gasteiger partial charge in [-0.2, -0.15) is 5.10 Å². The lowest BCUT2D eigenvalue weighted by atomic mass is 10.0. The molecule has 196 valence electrons. The molecule has 0 saturated carbocycles. The molecule has 1 aliphatic heterocycles. The molecule has 7 rings (SSSR count). The summed E-state index contributed by atoms with van der Waals surface area (Å²) in [5.41, 5.74) is 8.91. The van der Waals surface area contributed by atoms with Crippen LogP contribution in [0.2, 0.25) is 0 Å².